The summed E-state index contributed by atoms with van der Waals surface area (Å²) in [7, 11) is 0. The minimum Gasteiger partial charge on any atom is -0.365 e. The number of nitro groups is 1. The summed E-state index contributed by atoms with van der Waals surface area (Å²) in [5.41, 5.74) is 4.49. The van der Waals surface area contributed by atoms with Crippen molar-refractivity contribution in [2.75, 3.05) is 5.32 Å². The van der Waals surface area contributed by atoms with Gasteiger partial charge in [-0.15, -0.1) is 16.4 Å². The molecular weight excluding hydrogens is 573 g/mol. The van der Waals surface area contributed by atoms with E-state index in [-0.39, 0.29) is 30.8 Å². The monoisotopic (exact) mass is 586 g/mol. The molecular formula is C19H14BrF3N8O4S. The molecule has 0 fully saturated rings. The van der Waals surface area contributed by atoms with Crippen LogP contribution in [0.2, 0.25) is 0 Å². The van der Waals surface area contributed by atoms with E-state index >= 15 is 0 Å². The van der Waals surface area contributed by atoms with Gasteiger partial charge in [0.25, 0.3) is 11.8 Å². The Labute approximate surface area is 211 Å². The summed E-state index contributed by atoms with van der Waals surface area (Å²) >= 11 is 3.49. The fraction of sp³-hybridized carbons (Fsp3) is 0.211. The third-order valence-electron chi connectivity index (χ3n) is 5.19. The molecule has 0 atom stereocenters. The average Bonchev–Trinajstić information content (AvgIpc) is 3.47. The molecule has 4 aromatic rings. The maximum absolute atomic E-state index is 13.7. The van der Waals surface area contributed by atoms with Crippen molar-refractivity contribution in [2.24, 2.45) is 5.73 Å². The molecule has 0 aliphatic carbocycles. The minimum atomic E-state index is -4.81. The number of nitrogens with two attached hydrogens (primary N) is 1. The van der Waals surface area contributed by atoms with Gasteiger partial charge < -0.3 is 21.2 Å². The van der Waals surface area contributed by atoms with Gasteiger partial charge in [-0.3, -0.25) is 14.3 Å². The number of thiophene rings is 1. The van der Waals surface area contributed by atoms with Crippen LogP contribution in [0.15, 0.2) is 16.7 Å². The van der Waals surface area contributed by atoms with Gasteiger partial charge in [-0.1, -0.05) is 5.10 Å². The molecule has 0 radical (unpaired) electrons. The molecule has 188 valence electrons. The second-order valence-electron chi connectivity index (χ2n) is 7.31. The summed E-state index contributed by atoms with van der Waals surface area (Å²) in [6, 6.07) is 0.800. The van der Waals surface area contributed by atoms with Crippen LogP contribution in [0.3, 0.4) is 0 Å². The highest BCUT2D eigenvalue weighted by molar-refractivity contribution is 9.10. The minimum absolute atomic E-state index is 0.00986. The number of hydrogen-bond donors (Lipinski definition) is 3. The molecule has 0 aromatic carbocycles. The van der Waals surface area contributed by atoms with Gasteiger partial charge in [-0.05, 0) is 46.3 Å². The number of halogens is 4. The number of nitrogens with one attached hydrogen (secondary N) is 2. The topological polar surface area (TPSA) is 175 Å². The van der Waals surface area contributed by atoms with Gasteiger partial charge >= 0.3 is 12.0 Å². The Kier molecular flexibility index (Phi) is 6.29. The molecule has 0 saturated heterocycles. The number of hydrogen-bond acceptors (Lipinski definition) is 8. The Morgan fingerprint density at radius 1 is 1.36 bits per heavy atom. The SMILES string of the molecule is CCn1ncc(-c2cc(C(F)(F)F)nc3sc(C(N)=O)c(NC(=O)c4n[nH]c([N+](=O)[O-])c4Br)c23)c1C. The smallest absolute Gasteiger partial charge is 0.365 e. The van der Waals surface area contributed by atoms with Crippen molar-refractivity contribution < 1.29 is 27.7 Å². The molecule has 17 heteroatoms. The zero-order valence-corrected chi connectivity index (χ0v) is 20.6. The largest absolute Gasteiger partial charge is 0.433 e. The maximum atomic E-state index is 13.7. The number of amides is 2. The highest BCUT2D eigenvalue weighted by Gasteiger charge is 2.36. The Hall–Kier alpha value is -3.86. The van der Waals surface area contributed by atoms with E-state index in [0.29, 0.717) is 29.1 Å². The number of aromatic nitrogens is 5. The number of aryl methyl sites for hydroxylation is 1. The summed E-state index contributed by atoms with van der Waals surface area (Å²) in [4.78, 5) is 38.6. The van der Waals surface area contributed by atoms with Crippen LogP contribution in [-0.2, 0) is 12.7 Å². The van der Waals surface area contributed by atoms with E-state index in [2.05, 4.69) is 41.5 Å². The van der Waals surface area contributed by atoms with Crippen LogP contribution in [-0.4, -0.2) is 41.7 Å². The third kappa shape index (κ3) is 4.19. The molecule has 4 heterocycles. The van der Waals surface area contributed by atoms with Gasteiger partial charge in [0.15, 0.2) is 5.69 Å². The van der Waals surface area contributed by atoms with Crippen molar-refractivity contribution in [3.63, 3.8) is 0 Å². The number of rotatable bonds is 6. The lowest BCUT2D eigenvalue weighted by molar-refractivity contribution is -0.390. The van der Waals surface area contributed by atoms with E-state index in [4.69, 9.17) is 5.73 Å². The molecule has 0 aliphatic rings. The molecule has 4 rings (SSSR count). The molecule has 12 nitrogen and oxygen atoms in total. The molecule has 0 saturated carbocycles. The van der Waals surface area contributed by atoms with E-state index < -0.39 is 40.1 Å². The highest BCUT2D eigenvalue weighted by atomic mass is 79.9. The van der Waals surface area contributed by atoms with Gasteiger partial charge in [-0.25, -0.2) is 4.98 Å². The first-order valence-electron chi connectivity index (χ1n) is 9.92. The third-order valence-corrected chi connectivity index (χ3v) is 7.04. The second kappa shape index (κ2) is 8.98. The highest BCUT2D eigenvalue weighted by Crippen LogP contribution is 2.44. The number of aromatic amines is 1. The lowest BCUT2D eigenvalue weighted by atomic mass is 10.0. The van der Waals surface area contributed by atoms with Crippen LogP contribution in [0.25, 0.3) is 21.3 Å². The number of nitrogens with zero attached hydrogens (tertiary/aromatic N) is 5. The van der Waals surface area contributed by atoms with Crippen molar-refractivity contribution in [1.29, 1.82) is 0 Å². The summed E-state index contributed by atoms with van der Waals surface area (Å²) in [6.45, 7) is 3.90. The van der Waals surface area contributed by atoms with Crippen molar-refractivity contribution in [1.82, 2.24) is 25.0 Å². The molecule has 2 amide bonds. The van der Waals surface area contributed by atoms with E-state index in [1.807, 2.05) is 0 Å². The Balaban J connectivity index is 1.99. The molecule has 4 aromatic heterocycles. The van der Waals surface area contributed by atoms with E-state index in [9.17, 15) is 32.9 Å². The van der Waals surface area contributed by atoms with Gasteiger partial charge in [0, 0.05) is 23.2 Å². The normalized spacial score (nSPS) is 11.7. The summed E-state index contributed by atoms with van der Waals surface area (Å²) in [5.74, 6) is -2.61. The Bertz CT molecular complexity index is 1560. The molecule has 0 aliphatic heterocycles. The fourth-order valence-corrected chi connectivity index (χ4v) is 5.05. The van der Waals surface area contributed by atoms with E-state index in [0.717, 1.165) is 6.07 Å². The van der Waals surface area contributed by atoms with Gasteiger partial charge in [-0.2, -0.15) is 18.3 Å². The number of H-pyrrole nitrogens is 1. The van der Waals surface area contributed by atoms with Crippen molar-refractivity contribution >= 4 is 60.8 Å². The number of fused-ring (bicyclic) bond motifs is 1. The summed E-state index contributed by atoms with van der Waals surface area (Å²) < 4.78 is 42.3. The quantitative estimate of drug-likeness (QED) is 0.223. The number of pyridine rings is 1. The van der Waals surface area contributed by atoms with Crippen LogP contribution in [0.1, 0.15) is 38.5 Å². The number of carbonyl (C=O) groups excluding carboxylic acids is 2. The first kappa shape index (κ1) is 25.2. The Morgan fingerprint density at radius 3 is 2.58 bits per heavy atom. The maximum Gasteiger partial charge on any atom is 0.433 e. The van der Waals surface area contributed by atoms with Crippen LogP contribution >= 0.6 is 27.3 Å². The van der Waals surface area contributed by atoms with Crippen LogP contribution in [0.5, 0.6) is 0 Å². The van der Waals surface area contributed by atoms with Crippen LogP contribution in [0.4, 0.5) is 24.7 Å². The molecule has 0 spiro atoms. The van der Waals surface area contributed by atoms with Crippen molar-refractivity contribution in [3.8, 4) is 11.1 Å². The summed E-state index contributed by atoms with van der Waals surface area (Å²) in [5, 5.41) is 23.4. The number of anilines is 1. The Morgan fingerprint density at radius 2 is 2.06 bits per heavy atom. The standard InChI is InChI=1S/C19H14BrF3N8O4S/c1-3-30-6(2)8(5-25-30)7-4-9(19(21,22)23)26-18-10(7)12(14(36-18)15(24)32)27-17(33)13-11(20)16(29-28-13)31(34)35/h4-5H,3H2,1-2H3,(H2,24,32)(H,27,33)(H,28,29). The second-order valence-corrected chi connectivity index (χ2v) is 9.10. The van der Waals surface area contributed by atoms with Gasteiger partial charge in [0.05, 0.1) is 11.9 Å². The number of carbonyl (C=O) groups is 2. The van der Waals surface area contributed by atoms with Crippen LogP contribution in [0, 0.1) is 17.0 Å². The van der Waals surface area contributed by atoms with E-state index in [1.54, 1.807) is 18.5 Å². The van der Waals surface area contributed by atoms with E-state index in [1.165, 1.54) is 6.20 Å². The van der Waals surface area contributed by atoms with Crippen LogP contribution < -0.4 is 11.1 Å². The average molecular weight is 587 g/mol. The van der Waals surface area contributed by atoms with Gasteiger partial charge in [0.1, 0.15) is 19.9 Å². The van der Waals surface area contributed by atoms with Crippen molar-refractivity contribution in [2.45, 2.75) is 26.6 Å². The lowest BCUT2D eigenvalue weighted by Crippen LogP contribution is -2.17. The number of alkyl halides is 3. The molecule has 0 unspecified atom stereocenters. The zero-order valence-electron chi connectivity index (χ0n) is 18.2. The first-order valence-corrected chi connectivity index (χ1v) is 11.5. The summed E-state index contributed by atoms with van der Waals surface area (Å²) in [6.07, 6.45) is -3.44. The van der Waals surface area contributed by atoms with Crippen molar-refractivity contribution in [3.05, 3.63) is 48.8 Å². The number of primary amides is 1. The zero-order chi connectivity index (χ0) is 26.5. The molecule has 4 N–H and O–H groups in total. The molecule has 0 bridgehead atoms. The fourth-order valence-electron chi connectivity index (χ4n) is 3.54. The predicted molar refractivity (Wildman–Crippen MR) is 126 cm³/mol. The van der Waals surface area contributed by atoms with Gasteiger partial charge in [0.2, 0.25) is 0 Å². The lowest BCUT2D eigenvalue weighted by Gasteiger charge is -2.12. The first-order chi connectivity index (χ1) is 16.8. The molecule has 36 heavy (non-hydrogen) atoms. The predicted octanol–water partition coefficient (Wildman–Crippen LogP) is 4.25.